The van der Waals surface area contributed by atoms with Crippen LogP contribution in [0.3, 0.4) is 0 Å². The molecular weight excluding hydrogens is 470 g/mol. The van der Waals surface area contributed by atoms with Crippen LogP contribution in [0.15, 0.2) is 36.5 Å². The van der Waals surface area contributed by atoms with Crippen molar-refractivity contribution in [1.82, 2.24) is 24.6 Å². The topological polar surface area (TPSA) is 101 Å². The van der Waals surface area contributed by atoms with Crippen molar-refractivity contribution in [2.75, 3.05) is 20.7 Å². The van der Waals surface area contributed by atoms with Crippen LogP contribution in [0.25, 0.3) is 22.2 Å². The third-order valence-corrected chi connectivity index (χ3v) is 7.32. The van der Waals surface area contributed by atoms with Crippen LogP contribution < -0.4 is 0 Å². The molecular formula is C28H35N5O4. The lowest BCUT2D eigenvalue weighted by molar-refractivity contribution is -0.0385. The zero-order chi connectivity index (χ0) is 26.5. The molecule has 37 heavy (non-hydrogen) atoms. The van der Waals surface area contributed by atoms with E-state index in [-0.39, 0.29) is 12.1 Å². The average Bonchev–Trinajstić information content (AvgIpc) is 3.50. The van der Waals surface area contributed by atoms with Gasteiger partial charge in [0.05, 0.1) is 16.7 Å². The number of ether oxygens (including phenoxy) is 1. The summed E-state index contributed by atoms with van der Waals surface area (Å²) in [4.78, 5) is 33.2. The number of benzene rings is 1. The van der Waals surface area contributed by atoms with Crippen LogP contribution >= 0.6 is 0 Å². The Morgan fingerprint density at radius 1 is 1.16 bits per heavy atom. The summed E-state index contributed by atoms with van der Waals surface area (Å²) in [6.45, 7) is 6.44. The molecule has 2 fully saturated rings. The molecule has 1 saturated carbocycles. The maximum Gasteiger partial charge on any atom is 0.408 e. The van der Waals surface area contributed by atoms with Gasteiger partial charge in [0.2, 0.25) is 0 Å². The predicted molar refractivity (Wildman–Crippen MR) is 140 cm³/mol. The minimum Gasteiger partial charge on any atom is -0.465 e. The van der Waals surface area contributed by atoms with Crippen LogP contribution in [0.2, 0.25) is 0 Å². The fourth-order valence-electron chi connectivity index (χ4n) is 5.64. The van der Waals surface area contributed by atoms with Crippen molar-refractivity contribution in [3.63, 3.8) is 0 Å². The first-order valence-electron chi connectivity index (χ1n) is 12.9. The molecule has 1 atom stereocenters. The van der Waals surface area contributed by atoms with Gasteiger partial charge in [-0.1, -0.05) is 6.07 Å². The first-order valence-corrected chi connectivity index (χ1v) is 12.9. The van der Waals surface area contributed by atoms with Gasteiger partial charge in [-0.2, -0.15) is 5.10 Å². The summed E-state index contributed by atoms with van der Waals surface area (Å²) in [5, 5.41) is 15.9. The normalized spacial score (nSPS) is 19.0. The number of amides is 2. The Morgan fingerprint density at radius 2 is 1.92 bits per heavy atom. The summed E-state index contributed by atoms with van der Waals surface area (Å²) in [6, 6.07) is 9.77. The predicted octanol–water partition coefficient (Wildman–Crippen LogP) is 5.27. The van der Waals surface area contributed by atoms with E-state index in [4.69, 9.17) is 9.84 Å². The Kier molecular flexibility index (Phi) is 6.22. The second kappa shape index (κ2) is 9.13. The third-order valence-electron chi connectivity index (χ3n) is 7.32. The molecule has 2 aliphatic rings. The van der Waals surface area contributed by atoms with Gasteiger partial charge in [0.25, 0.3) is 5.91 Å². The van der Waals surface area contributed by atoms with Crippen LogP contribution in [0.1, 0.15) is 75.2 Å². The quantitative estimate of drug-likeness (QED) is 0.507. The summed E-state index contributed by atoms with van der Waals surface area (Å²) in [5.74, 6) is -0.182. The van der Waals surface area contributed by atoms with Crippen molar-refractivity contribution in [1.29, 1.82) is 0 Å². The number of hydrogen-bond acceptors (Lipinski definition) is 5. The molecule has 1 aliphatic heterocycles. The molecule has 196 valence electrons. The monoisotopic (exact) mass is 505 g/mol. The Balaban J connectivity index is 1.72. The van der Waals surface area contributed by atoms with Gasteiger partial charge in [-0.15, -0.1) is 0 Å². The minimum atomic E-state index is -0.938. The summed E-state index contributed by atoms with van der Waals surface area (Å²) >= 11 is 0. The number of hydrogen-bond donors (Lipinski definition) is 1. The molecule has 1 unspecified atom stereocenters. The van der Waals surface area contributed by atoms with Crippen LogP contribution in [0.4, 0.5) is 4.79 Å². The van der Waals surface area contributed by atoms with Gasteiger partial charge in [-0.25, -0.2) is 9.48 Å². The highest BCUT2D eigenvalue weighted by Crippen LogP contribution is 2.56. The number of carbonyl (C=O) groups is 2. The molecule has 1 aliphatic carbocycles. The van der Waals surface area contributed by atoms with E-state index in [1.165, 1.54) is 4.90 Å². The molecule has 1 saturated heterocycles. The lowest BCUT2D eigenvalue weighted by atomic mass is 9.91. The summed E-state index contributed by atoms with van der Waals surface area (Å²) in [6.07, 6.45) is 4.84. The third kappa shape index (κ3) is 4.45. The van der Waals surface area contributed by atoms with Crippen molar-refractivity contribution >= 4 is 22.9 Å². The van der Waals surface area contributed by atoms with Crippen molar-refractivity contribution in [3.8, 4) is 11.3 Å². The second-order valence-electron chi connectivity index (χ2n) is 11.3. The number of aromatic nitrogens is 3. The fraction of sp³-hybridized carbons (Fsp3) is 0.500. The first kappa shape index (κ1) is 25.2. The zero-order valence-corrected chi connectivity index (χ0v) is 22.2. The van der Waals surface area contributed by atoms with E-state index in [1.54, 1.807) is 25.2 Å². The average molecular weight is 506 g/mol. The minimum absolute atomic E-state index is 0.182. The van der Waals surface area contributed by atoms with Gasteiger partial charge >= 0.3 is 6.09 Å². The van der Waals surface area contributed by atoms with Crippen LogP contribution in [0.5, 0.6) is 0 Å². The number of carbonyl (C=O) groups excluding carboxylic acids is 1. The first-order chi connectivity index (χ1) is 17.5. The molecule has 2 amide bonds. The molecule has 1 aromatic carbocycles. The molecule has 0 spiro atoms. The van der Waals surface area contributed by atoms with Gasteiger partial charge in [0.15, 0.2) is 11.9 Å². The number of nitrogens with zero attached hydrogens (tertiary/aromatic N) is 5. The van der Waals surface area contributed by atoms with E-state index in [0.717, 1.165) is 59.8 Å². The van der Waals surface area contributed by atoms with Gasteiger partial charge in [-0.3, -0.25) is 14.7 Å². The van der Waals surface area contributed by atoms with E-state index in [2.05, 4.69) is 11.1 Å². The Labute approximate surface area is 217 Å². The number of rotatable bonds is 5. The summed E-state index contributed by atoms with van der Waals surface area (Å²) < 4.78 is 7.89. The van der Waals surface area contributed by atoms with Gasteiger partial charge in [-0.05, 0) is 82.7 Å². The number of carboxylic acid groups (broad SMARTS) is 1. The SMILES string of the molecule is CN(C)C(=O)c1cc(-c2cc(C3(N(C(=O)O)C(C)(C)C)CC3)c3cccnc3c2)n(C2CCCCO2)n1. The molecule has 1 N–H and O–H groups in total. The van der Waals surface area contributed by atoms with Crippen molar-refractivity contribution in [2.45, 2.75) is 70.2 Å². The van der Waals surface area contributed by atoms with E-state index < -0.39 is 17.2 Å². The van der Waals surface area contributed by atoms with Crippen LogP contribution in [-0.2, 0) is 10.3 Å². The lowest BCUT2D eigenvalue weighted by Gasteiger charge is -2.41. The van der Waals surface area contributed by atoms with Gasteiger partial charge < -0.3 is 14.7 Å². The molecule has 3 aromatic rings. The molecule has 0 radical (unpaired) electrons. The smallest absolute Gasteiger partial charge is 0.408 e. The van der Waals surface area contributed by atoms with Crippen molar-refractivity contribution < 1.29 is 19.4 Å². The Hall–Kier alpha value is -3.46. The van der Waals surface area contributed by atoms with Crippen LogP contribution in [-0.4, -0.2) is 67.9 Å². The highest BCUT2D eigenvalue weighted by atomic mass is 16.5. The second-order valence-corrected chi connectivity index (χ2v) is 11.3. The Bertz CT molecular complexity index is 1350. The standard InChI is InChI=1S/C28H35N5O4/c1-27(2,3)33(26(35)36)28(11-12-28)20-15-18(16-21-19(20)9-8-13-29-21)23-17-22(25(34)31(4)5)30-32(23)24-10-6-7-14-37-24/h8-9,13,15-17,24H,6-7,10-12,14H2,1-5H3,(H,35,36). The summed E-state index contributed by atoms with van der Waals surface area (Å²) in [5.41, 5.74) is 2.43. The zero-order valence-electron chi connectivity index (χ0n) is 22.2. The van der Waals surface area contributed by atoms with Gasteiger partial charge in [0.1, 0.15) is 0 Å². The maximum atomic E-state index is 12.9. The molecule has 9 heteroatoms. The van der Waals surface area contributed by atoms with E-state index in [0.29, 0.717) is 12.3 Å². The van der Waals surface area contributed by atoms with Gasteiger partial charge in [0, 0.05) is 43.4 Å². The lowest BCUT2D eigenvalue weighted by Crippen LogP contribution is -2.51. The molecule has 3 heterocycles. The largest absolute Gasteiger partial charge is 0.465 e. The Morgan fingerprint density at radius 3 is 2.51 bits per heavy atom. The molecule has 2 aromatic heterocycles. The van der Waals surface area contributed by atoms with Crippen molar-refractivity contribution in [3.05, 3.63) is 47.8 Å². The molecule has 0 bridgehead atoms. The van der Waals surface area contributed by atoms with Crippen molar-refractivity contribution in [2.24, 2.45) is 0 Å². The van der Waals surface area contributed by atoms with E-state index >= 15 is 0 Å². The molecule has 5 rings (SSSR count). The molecule has 9 nitrogen and oxygen atoms in total. The fourth-order valence-corrected chi connectivity index (χ4v) is 5.64. The van der Waals surface area contributed by atoms with Crippen LogP contribution in [0, 0.1) is 0 Å². The number of fused-ring (bicyclic) bond motifs is 1. The summed E-state index contributed by atoms with van der Waals surface area (Å²) in [7, 11) is 3.42. The van der Waals surface area contributed by atoms with E-state index in [9.17, 15) is 14.7 Å². The maximum absolute atomic E-state index is 12.9. The highest BCUT2D eigenvalue weighted by Gasteiger charge is 2.56. The highest BCUT2D eigenvalue weighted by molar-refractivity contribution is 5.94. The van der Waals surface area contributed by atoms with E-state index in [1.807, 2.05) is 49.7 Å². The number of pyridine rings is 1.